The first-order valence-corrected chi connectivity index (χ1v) is 4.98. The number of hydrogen-bond donors (Lipinski definition) is 1. The lowest BCUT2D eigenvalue weighted by molar-refractivity contribution is 0.248. The van der Waals surface area contributed by atoms with Crippen molar-refractivity contribution in [2.45, 2.75) is 13.3 Å². The van der Waals surface area contributed by atoms with E-state index in [0.29, 0.717) is 11.8 Å². The van der Waals surface area contributed by atoms with Crippen LogP contribution in [-0.2, 0) is 0 Å². The molecule has 1 aromatic rings. The molecule has 14 heavy (non-hydrogen) atoms. The first-order valence-electron chi connectivity index (χ1n) is 4.98. The van der Waals surface area contributed by atoms with Gasteiger partial charge in [0, 0.05) is 18.5 Å². The van der Waals surface area contributed by atoms with Crippen molar-refractivity contribution < 1.29 is 4.74 Å². The van der Waals surface area contributed by atoms with Gasteiger partial charge in [-0.05, 0) is 26.0 Å². The molecule has 0 bridgehead atoms. The van der Waals surface area contributed by atoms with Gasteiger partial charge in [0.15, 0.2) is 0 Å². The lowest BCUT2D eigenvalue weighted by atomic mass is 10.1. The molecule has 1 atom stereocenters. The molecule has 2 heterocycles. The van der Waals surface area contributed by atoms with E-state index >= 15 is 0 Å². The molecule has 0 aliphatic carbocycles. The van der Waals surface area contributed by atoms with E-state index in [1.165, 1.54) is 6.42 Å². The van der Waals surface area contributed by atoms with Crippen LogP contribution in [0.15, 0.2) is 12.1 Å². The van der Waals surface area contributed by atoms with E-state index in [4.69, 9.17) is 4.74 Å². The predicted octanol–water partition coefficient (Wildman–Crippen LogP) is 0.773. The SMILES string of the molecule is Cc1ccc(OC[C@@H]2CCNC2)nn1. The summed E-state index contributed by atoms with van der Waals surface area (Å²) in [6.45, 7) is 4.81. The van der Waals surface area contributed by atoms with Crippen LogP contribution >= 0.6 is 0 Å². The predicted molar refractivity (Wildman–Crippen MR) is 53.2 cm³/mol. The third-order valence-corrected chi connectivity index (χ3v) is 2.40. The van der Waals surface area contributed by atoms with E-state index in [1.54, 1.807) is 0 Å². The number of aromatic nitrogens is 2. The highest BCUT2D eigenvalue weighted by molar-refractivity contribution is 5.10. The third-order valence-electron chi connectivity index (χ3n) is 2.40. The molecule has 1 aliphatic heterocycles. The second kappa shape index (κ2) is 4.37. The van der Waals surface area contributed by atoms with Crippen LogP contribution in [0.4, 0.5) is 0 Å². The number of nitrogens with zero attached hydrogens (tertiary/aromatic N) is 2. The average Bonchev–Trinajstić information content (AvgIpc) is 2.70. The lowest BCUT2D eigenvalue weighted by Crippen LogP contribution is -2.16. The molecular formula is C10H15N3O. The van der Waals surface area contributed by atoms with E-state index in [1.807, 2.05) is 19.1 Å². The Morgan fingerprint density at radius 3 is 3.07 bits per heavy atom. The van der Waals surface area contributed by atoms with Gasteiger partial charge in [0.2, 0.25) is 5.88 Å². The van der Waals surface area contributed by atoms with E-state index in [-0.39, 0.29) is 0 Å². The number of rotatable bonds is 3. The zero-order valence-electron chi connectivity index (χ0n) is 8.36. The Hall–Kier alpha value is -1.16. The molecule has 0 amide bonds. The van der Waals surface area contributed by atoms with Crippen molar-refractivity contribution in [3.63, 3.8) is 0 Å². The average molecular weight is 193 g/mol. The van der Waals surface area contributed by atoms with E-state index < -0.39 is 0 Å². The summed E-state index contributed by atoms with van der Waals surface area (Å²) in [6.07, 6.45) is 1.19. The summed E-state index contributed by atoms with van der Waals surface area (Å²) in [5.74, 6) is 1.25. The van der Waals surface area contributed by atoms with Crippen LogP contribution in [0.1, 0.15) is 12.1 Å². The Bertz CT molecular complexity index is 280. The molecule has 4 nitrogen and oxygen atoms in total. The molecule has 1 N–H and O–H groups in total. The quantitative estimate of drug-likeness (QED) is 0.770. The Labute approximate surface area is 83.7 Å². The van der Waals surface area contributed by atoms with Crippen molar-refractivity contribution in [2.24, 2.45) is 5.92 Å². The molecule has 1 saturated heterocycles. The first-order chi connectivity index (χ1) is 6.84. The van der Waals surface area contributed by atoms with Gasteiger partial charge in [-0.3, -0.25) is 0 Å². The van der Waals surface area contributed by atoms with Gasteiger partial charge < -0.3 is 10.1 Å². The second-order valence-electron chi connectivity index (χ2n) is 3.68. The monoisotopic (exact) mass is 193 g/mol. The van der Waals surface area contributed by atoms with Gasteiger partial charge in [-0.15, -0.1) is 5.10 Å². The molecule has 0 aromatic carbocycles. The molecule has 0 saturated carbocycles. The second-order valence-corrected chi connectivity index (χ2v) is 3.68. The molecule has 2 rings (SSSR count). The minimum absolute atomic E-state index is 0.623. The smallest absolute Gasteiger partial charge is 0.233 e. The van der Waals surface area contributed by atoms with E-state index in [2.05, 4.69) is 15.5 Å². The molecule has 4 heteroatoms. The third kappa shape index (κ3) is 2.42. The number of ether oxygens (including phenoxy) is 1. The fourth-order valence-electron chi connectivity index (χ4n) is 1.52. The minimum atomic E-state index is 0.623. The fourth-order valence-corrected chi connectivity index (χ4v) is 1.52. The van der Waals surface area contributed by atoms with Gasteiger partial charge in [0.25, 0.3) is 0 Å². The fraction of sp³-hybridized carbons (Fsp3) is 0.600. The van der Waals surface area contributed by atoms with E-state index in [9.17, 15) is 0 Å². The summed E-state index contributed by atoms with van der Waals surface area (Å²) in [5.41, 5.74) is 0.917. The molecule has 1 aliphatic rings. The summed E-state index contributed by atoms with van der Waals surface area (Å²) >= 11 is 0. The van der Waals surface area contributed by atoms with Gasteiger partial charge in [0.1, 0.15) is 0 Å². The van der Waals surface area contributed by atoms with Crippen LogP contribution in [0.25, 0.3) is 0 Å². The maximum Gasteiger partial charge on any atom is 0.233 e. The Morgan fingerprint density at radius 1 is 1.50 bits per heavy atom. The van der Waals surface area contributed by atoms with Gasteiger partial charge in [0.05, 0.1) is 12.3 Å². The highest BCUT2D eigenvalue weighted by Crippen LogP contribution is 2.10. The van der Waals surface area contributed by atoms with E-state index in [0.717, 1.165) is 25.4 Å². The van der Waals surface area contributed by atoms with Crippen LogP contribution in [-0.4, -0.2) is 29.9 Å². The zero-order valence-corrected chi connectivity index (χ0v) is 8.36. The summed E-state index contributed by atoms with van der Waals surface area (Å²) in [6, 6.07) is 3.78. The van der Waals surface area contributed by atoms with Crippen LogP contribution in [0, 0.1) is 12.8 Å². The Balaban J connectivity index is 1.82. The van der Waals surface area contributed by atoms with Crippen molar-refractivity contribution >= 4 is 0 Å². The highest BCUT2D eigenvalue weighted by Gasteiger charge is 2.14. The van der Waals surface area contributed by atoms with Crippen LogP contribution in [0.5, 0.6) is 5.88 Å². The largest absolute Gasteiger partial charge is 0.476 e. The van der Waals surface area contributed by atoms with Crippen LogP contribution in [0.3, 0.4) is 0 Å². The van der Waals surface area contributed by atoms with Crippen LogP contribution in [0.2, 0.25) is 0 Å². The van der Waals surface area contributed by atoms with Crippen molar-refractivity contribution in [3.8, 4) is 5.88 Å². The summed E-state index contributed by atoms with van der Waals surface area (Å²) in [5, 5.41) is 11.2. The molecular weight excluding hydrogens is 178 g/mol. The van der Waals surface area contributed by atoms with Gasteiger partial charge in [-0.25, -0.2) is 0 Å². The van der Waals surface area contributed by atoms with Crippen molar-refractivity contribution in [1.29, 1.82) is 0 Å². The van der Waals surface area contributed by atoms with Crippen molar-refractivity contribution in [2.75, 3.05) is 19.7 Å². The maximum absolute atomic E-state index is 5.53. The molecule has 0 spiro atoms. The van der Waals surface area contributed by atoms with Gasteiger partial charge in [-0.1, -0.05) is 0 Å². The summed E-state index contributed by atoms with van der Waals surface area (Å²) < 4.78 is 5.53. The summed E-state index contributed by atoms with van der Waals surface area (Å²) in [7, 11) is 0. The number of nitrogens with one attached hydrogen (secondary N) is 1. The minimum Gasteiger partial charge on any atom is -0.476 e. The molecule has 76 valence electrons. The van der Waals surface area contributed by atoms with Crippen LogP contribution < -0.4 is 10.1 Å². The van der Waals surface area contributed by atoms with Gasteiger partial charge in [-0.2, -0.15) is 5.10 Å². The first kappa shape index (κ1) is 9.40. The van der Waals surface area contributed by atoms with Gasteiger partial charge >= 0.3 is 0 Å². The summed E-state index contributed by atoms with van der Waals surface area (Å²) in [4.78, 5) is 0. The highest BCUT2D eigenvalue weighted by atomic mass is 16.5. The molecule has 1 fully saturated rings. The standard InChI is InChI=1S/C10H15N3O/c1-8-2-3-10(13-12-8)14-7-9-4-5-11-6-9/h2-3,9,11H,4-7H2,1H3/t9-/m1/s1. The maximum atomic E-state index is 5.53. The zero-order chi connectivity index (χ0) is 9.80. The van der Waals surface area contributed by atoms with Crippen molar-refractivity contribution in [3.05, 3.63) is 17.8 Å². The van der Waals surface area contributed by atoms with Crippen molar-refractivity contribution in [1.82, 2.24) is 15.5 Å². The molecule has 0 unspecified atom stereocenters. The molecule has 1 aromatic heterocycles. The molecule has 0 radical (unpaired) electrons. The normalized spacial score (nSPS) is 21.1. The number of aryl methyl sites for hydroxylation is 1. The Kier molecular flexibility index (Phi) is 2.93. The topological polar surface area (TPSA) is 47.0 Å². The number of hydrogen-bond acceptors (Lipinski definition) is 4. The lowest BCUT2D eigenvalue weighted by Gasteiger charge is -2.09. The Morgan fingerprint density at radius 2 is 2.43 bits per heavy atom.